The second kappa shape index (κ2) is 6.53. The minimum absolute atomic E-state index is 0.00223. The van der Waals surface area contributed by atoms with Gasteiger partial charge in [0.25, 0.3) is 0 Å². The Morgan fingerprint density at radius 1 is 1.08 bits per heavy atom. The molecule has 4 rings (SSSR count). The molecule has 2 heterocycles. The number of aliphatic hydroxyl groups is 1. The van der Waals surface area contributed by atoms with Crippen LogP contribution in [0.2, 0.25) is 0 Å². The van der Waals surface area contributed by atoms with Crippen molar-refractivity contribution in [3.8, 4) is 11.3 Å². The molecule has 0 bridgehead atoms. The third-order valence-corrected chi connectivity index (χ3v) is 4.47. The van der Waals surface area contributed by atoms with Crippen LogP contribution < -0.4 is 5.32 Å². The van der Waals surface area contributed by atoms with Crippen molar-refractivity contribution in [2.24, 2.45) is 0 Å². The summed E-state index contributed by atoms with van der Waals surface area (Å²) in [4.78, 5) is 4.46. The lowest BCUT2D eigenvalue weighted by molar-refractivity contribution is 0.271. The summed E-state index contributed by atoms with van der Waals surface area (Å²) in [5, 5.41) is 19.7. The van der Waals surface area contributed by atoms with Crippen molar-refractivity contribution in [1.82, 2.24) is 14.6 Å². The summed E-state index contributed by atoms with van der Waals surface area (Å²) in [6.07, 6.45) is 2.68. The molecule has 0 aliphatic heterocycles. The fourth-order valence-electron chi connectivity index (χ4n) is 2.98. The Morgan fingerprint density at radius 2 is 1.92 bits per heavy atom. The van der Waals surface area contributed by atoms with E-state index in [0.717, 1.165) is 29.1 Å². The lowest BCUT2D eigenvalue weighted by Gasteiger charge is -2.14. The standard InChI is InChI=1S/C20H20N4O/c1-2-17(13-25)22-19-9-10-20-21-12-18(24(20)23-19)16-8-7-14-5-3-4-6-15(14)11-16/h3-12,17,25H,2,13H2,1H3,(H,22,23). The van der Waals surface area contributed by atoms with Gasteiger partial charge in [-0.05, 0) is 35.4 Å². The molecule has 0 saturated carbocycles. The summed E-state index contributed by atoms with van der Waals surface area (Å²) >= 11 is 0. The van der Waals surface area contributed by atoms with Crippen molar-refractivity contribution < 1.29 is 5.11 Å². The summed E-state index contributed by atoms with van der Waals surface area (Å²) in [5.74, 6) is 0.730. The number of hydrogen-bond acceptors (Lipinski definition) is 4. The van der Waals surface area contributed by atoms with Gasteiger partial charge in [0.15, 0.2) is 5.65 Å². The van der Waals surface area contributed by atoms with Gasteiger partial charge in [-0.3, -0.25) is 0 Å². The lowest BCUT2D eigenvalue weighted by Crippen LogP contribution is -2.23. The molecule has 1 atom stereocenters. The zero-order valence-corrected chi connectivity index (χ0v) is 14.1. The van der Waals surface area contributed by atoms with Crippen molar-refractivity contribution in [2.45, 2.75) is 19.4 Å². The van der Waals surface area contributed by atoms with Gasteiger partial charge in [-0.15, -0.1) is 5.10 Å². The van der Waals surface area contributed by atoms with Crippen LogP contribution in [0.4, 0.5) is 5.82 Å². The molecule has 0 aliphatic carbocycles. The average Bonchev–Trinajstić information content (AvgIpc) is 3.09. The number of nitrogens with one attached hydrogen (secondary N) is 1. The van der Waals surface area contributed by atoms with Crippen LogP contribution >= 0.6 is 0 Å². The maximum atomic E-state index is 9.38. The summed E-state index contributed by atoms with van der Waals surface area (Å²) in [6.45, 7) is 2.11. The van der Waals surface area contributed by atoms with Crippen LogP contribution in [0.15, 0.2) is 60.8 Å². The van der Waals surface area contributed by atoms with Gasteiger partial charge in [-0.25, -0.2) is 9.50 Å². The van der Waals surface area contributed by atoms with Gasteiger partial charge in [0.1, 0.15) is 5.82 Å². The van der Waals surface area contributed by atoms with Crippen molar-refractivity contribution in [2.75, 3.05) is 11.9 Å². The quantitative estimate of drug-likeness (QED) is 0.584. The van der Waals surface area contributed by atoms with Crippen LogP contribution in [-0.4, -0.2) is 32.4 Å². The Balaban J connectivity index is 1.78. The molecule has 4 aromatic rings. The molecule has 2 aromatic heterocycles. The SMILES string of the molecule is CCC(CO)Nc1ccc2ncc(-c3ccc4ccccc4c3)n2n1. The van der Waals surface area contributed by atoms with Gasteiger partial charge in [0.05, 0.1) is 24.5 Å². The minimum atomic E-state index is -0.00223. The molecule has 0 aliphatic rings. The van der Waals surface area contributed by atoms with Gasteiger partial charge in [-0.2, -0.15) is 0 Å². The van der Waals surface area contributed by atoms with E-state index < -0.39 is 0 Å². The second-order valence-electron chi connectivity index (χ2n) is 6.13. The summed E-state index contributed by atoms with van der Waals surface area (Å²) in [5.41, 5.74) is 2.82. The van der Waals surface area contributed by atoms with E-state index in [1.54, 1.807) is 0 Å². The number of aliphatic hydroxyl groups excluding tert-OH is 1. The summed E-state index contributed by atoms with van der Waals surface area (Å²) in [7, 11) is 0. The van der Waals surface area contributed by atoms with Crippen molar-refractivity contribution in [3.63, 3.8) is 0 Å². The number of nitrogens with zero attached hydrogens (tertiary/aromatic N) is 3. The van der Waals surface area contributed by atoms with Gasteiger partial charge in [0, 0.05) is 5.56 Å². The van der Waals surface area contributed by atoms with Crippen molar-refractivity contribution in [3.05, 3.63) is 60.8 Å². The third kappa shape index (κ3) is 2.94. The molecule has 0 radical (unpaired) electrons. The van der Waals surface area contributed by atoms with Crippen LogP contribution in [0.3, 0.4) is 0 Å². The molecule has 5 nitrogen and oxygen atoms in total. The van der Waals surface area contributed by atoms with E-state index in [0.29, 0.717) is 0 Å². The number of rotatable bonds is 5. The number of imidazole rings is 1. The van der Waals surface area contributed by atoms with E-state index in [1.165, 1.54) is 10.8 Å². The lowest BCUT2D eigenvalue weighted by atomic mass is 10.1. The molecule has 0 spiro atoms. The zero-order chi connectivity index (χ0) is 17.2. The van der Waals surface area contributed by atoms with E-state index in [9.17, 15) is 5.11 Å². The van der Waals surface area contributed by atoms with E-state index in [-0.39, 0.29) is 12.6 Å². The first-order valence-electron chi connectivity index (χ1n) is 8.50. The normalized spacial score (nSPS) is 12.6. The van der Waals surface area contributed by atoms with Crippen molar-refractivity contribution in [1.29, 1.82) is 0 Å². The highest BCUT2D eigenvalue weighted by atomic mass is 16.3. The minimum Gasteiger partial charge on any atom is -0.394 e. The molecule has 126 valence electrons. The molecule has 5 heteroatoms. The first-order valence-corrected chi connectivity index (χ1v) is 8.50. The fraction of sp³-hybridized carbons (Fsp3) is 0.200. The summed E-state index contributed by atoms with van der Waals surface area (Å²) < 4.78 is 1.84. The molecule has 1 unspecified atom stereocenters. The van der Waals surface area contributed by atoms with Gasteiger partial charge >= 0.3 is 0 Å². The Labute approximate surface area is 145 Å². The zero-order valence-electron chi connectivity index (χ0n) is 14.1. The molecule has 0 saturated heterocycles. The monoisotopic (exact) mass is 332 g/mol. The summed E-state index contributed by atoms with van der Waals surface area (Å²) in [6, 6.07) is 18.5. The van der Waals surface area contributed by atoms with Crippen LogP contribution in [0.25, 0.3) is 27.7 Å². The van der Waals surface area contributed by atoms with E-state index in [4.69, 9.17) is 0 Å². The first-order chi connectivity index (χ1) is 12.3. The Kier molecular flexibility index (Phi) is 4.07. The number of fused-ring (bicyclic) bond motifs is 2. The van der Waals surface area contributed by atoms with Crippen LogP contribution in [-0.2, 0) is 0 Å². The molecular formula is C20H20N4O. The molecule has 0 fully saturated rings. The highest BCUT2D eigenvalue weighted by molar-refractivity contribution is 5.87. The van der Waals surface area contributed by atoms with Gasteiger partial charge in [-0.1, -0.05) is 43.3 Å². The molecular weight excluding hydrogens is 312 g/mol. The number of hydrogen-bond donors (Lipinski definition) is 2. The highest BCUT2D eigenvalue weighted by Crippen LogP contribution is 2.25. The van der Waals surface area contributed by atoms with Gasteiger partial charge in [0.2, 0.25) is 0 Å². The van der Waals surface area contributed by atoms with Crippen molar-refractivity contribution >= 4 is 22.2 Å². The number of benzene rings is 2. The first kappa shape index (κ1) is 15.6. The van der Waals surface area contributed by atoms with Crippen LogP contribution in [0.1, 0.15) is 13.3 Å². The van der Waals surface area contributed by atoms with Gasteiger partial charge < -0.3 is 10.4 Å². The molecule has 25 heavy (non-hydrogen) atoms. The topological polar surface area (TPSA) is 62.5 Å². The largest absolute Gasteiger partial charge is 0.394 e. The Hall–Kier alpha value is -2.92. The van der Waals surface area contributed by atoms with E-state index in [1.807, 2.05) is 41.9 Å². The predicted octanol–water partition coefficient (Wildman–Crippen LogP) is 3.73. The maximum absolute atomic E-state index is 9.38. The Morgan fingerprint density at radius 3 is 2.72 bits per heavy atom. The maximum Gasteiger partial charge on any atom is 0.154 e. The molecule has 2 N–H and O–H groups in total. The average molecular weight is 332 g/mol. The number of aromatic nitrogens is 3. The highest BCUT2D eigenvalue weighted by Gasteiger charge is 2.10. The number of anilines is 1. The molecule has 2 aromatic carbocycles. The van der Waals surface area contributed by atoms with Crippen LogP contribution in [0.5, 0.6) is 0 Å². The van der Waals surface area contributed by atoms with E-state index in [2.05, 4.69) is 45.7 Å². The third-order valence-electron chi connectivity index (χ3n) is 4.47. The second-order valence-corrected chi connectivity index (χ2v) is 6.13. The van der Waals surface area contributed by atoms with Crippen LogP contribution in [0, 0.1) is 0 Å². The Bertz CT molecular complexity index is 1020. The molecule has 0 amide bonds. The smallest absolute Gasteiger partial charge is 0.154 e. The van der Waals surface area contributed by atoms with E-state index >= 15 is 0 Å². The fourth-order valence-corrected chi connectivity index (χ4v) is 2.98. The predicted molar refractivity (Wildman–Crippen MR) is 101 cm³/mol.